The van der Waals surface area contributed by atoms with E-state index in [9.17, 15) is 4.79 Å². The van der Waals surface area contributed by atoms with Gasteiger partial charge in [-0.2, -0.15) is 0 Å². The van der Waals surface area contributed by atoms with Crippen LogP contribution in [0.25, 0.3) is 0 Å². The zero-order chi connectivity index (χ0) is 21.7. The maximum absolute atomic E-state index is 12.9. The Balaban J connectivity index is 1.75. The molecule has 31 heavy (non-hydrogen) atoms. The zero-order valence-corrected chi connectivity index (χ0v) is 17.8. The van der Waals surface area contributed by atoms with Gasteiger partial charge in [-0.15, -0.1) is 0 Å². The molecule has 1 saturated heterocycles. The number of methoxy groups -OCH3 is 4. The highest BCUT2D eigenvalue weighted by Gasteiger charge is 2.53. The molecule has 1 aliphatic carbocycles. The van der Waals surface area contributed by atoms with Gasteiger partial charge in [0, 0.05) is 18.9 Å². The fraction of sp³-hybridized carbons (Fsp3) is 0.435. The topological polar surface area (TPSA) is 81.7 Å². The molecule has 0 saturated carbocycles. The highest BCUT2D eigenvalue weighted by atomic mass is 16.7. The Labute approximate surface area is 179 Å². The van der Waals surface area contributed by atoms with Crippen LogP contribution >= 0.6 is 0 Å². The molecule has 2 aromatic carbocycles. The average molecular weight is 428 g/mol. The largest absolute Gasteiger partial charge is 0.493 e. The van der Waals surface area contributed by atoms with Gasteiger partial charge < -0.3 is 33.2 Å². The molecule has 3 aliphatic rings. The van der Waals surface area contributed by atoms with Crippen molar-refractivity contribution in [2.75, 3.05) is 41.8 Å². The van der Waals surface area contributed by atoms with Crippen molar-refractivity contribution < 1.29 is 38.0 Å². The van der Waals surface area contributed by atoms with E-state index in [1.165, 1.54) is 0 Å². The van der Waals surface area contributed by atoms with E-state index in [1.54, 1.807) is 28.4 Å². The minimum Gasteiger partial charge on any atom is -0.493 e. The van der Waals surface area contributed by atoms with Crippen LogP contribution in [0.3, 0.4) is 0 Å². The standard InChI is InChI=1S/C23H24O8/c1-25-17-5-11(6-18(26-2)22(17)28-4)19-12-7-15-16(31-10-30-15)8-13(12)21(27-3)14-9-29-23(24)20(14)19/h5-8,14,19-21H,9-10H2,1-4H3/t14?,19-,20+,21-/m1/s1. The Kier molecular flexibility index (Phi) is 4.81. The van der Waals surface area contributed by atoms with Crippen LogP contribution < -0.4 is 23.7 Å². The summed E-state index contributed by atoms with van der Waals surface area (Å²) in [6, 6.07) is 7.67. The maximum atomic E-state index is 12.9. The number of carbonyl (C=O) groups is 1. The zero-order valence-electron chi connectivity index (χ0n) is 17.8. The van der Waals surface area contributed by atoms with Gasteiger partial charge in [0.25, 0.3) is 0 Å². The fourth-order valence-corrected chi connectivity index (χ4v) is 5.09. The molecule has 8 nitrogen and oxygen atoms in total. The summed E-state index contributed by atoms with van der Waals surface area (Å²) < 4.78 is 39.2. The first-order valence-corrected chi connectivity index (χ1v) is 10.0. The van der Waals surface area contributed by atoms with Crippen LogP contribution in [0.5, 0.6) is 28.7 Å². The lowest BCUT2D eigenvalue weighted by atomic mass is 9.66. The van der Waals surface area contributed by atoms with Crippen molar-refractivity contribution in [3.63, 3.8) is 0 Å². The molecule has 4 atom stereocenters. The smallest absolute Gasteiger partial charge is 0.310 e. The lowest BCUT2D eigenvalue weighted by Gasteiger charge is -2.38. The van der Waals surface area contributed by atoms with Crippen LogP contribution in [-0.4, -0.2) is 47.8 Å². The van der Waals surface area contributed by atoms with Gasteiger partial charge in [-0.3, -0.25) is 4.79 Å². The molecule has 0 N–H and O–H groups in total. The minimum atomic E-state index is -0.416. The third-order valence-electron chi connectivity index (χ3n) is 6.42. The van der Waals surface area contributed by atoms with Crippen LogP contribution in [0.2, 0.25) is 0 Å². The van der Waals surface area contributed by atoms with Crippen molar-refractivity contribution in [2.45, 2.75) is 12.0 Å². The van der Waals surface area contributed by atoms with E-state index in [0.717, 1.165) is 16.7 Å². The van der Waals surface area contributed by atoms with E-state index in [4.69, 9.17) is 33.2 Å². The molecule has 8 heteroatoms. The Bertz CT molecular complexity index is 1010. The molecule has 0 radical (unpaired) electrons. The first kappa shape index (κ1) is 19.8. The third-order valence-corrected chi connectivity index (χ3v) is 6.42. The Morgan fingerprint density at radius 1 is 0.839 bits per heavy atom. The van der Waals surface area contributed by atoms with Gasteiger partial charge in [0.15, 0.2) is 23.0 Å². The molecule has 1 unspecified atom stereocenters. The van der Waals surface area contributed by atoms with Gasteiger partial charge in [-0.25, -0.2) is 0 Å². The molecule has 2 aliphatic heterocycles. The Morgan fingerprint density at radius 3 is 2.06 bits per heavy atom. The quantitative estimate of drug-likeness (QED) is 0.672. The number of benzene rings is 2. The van der Waals surface area contributed by atoms with Gasteiger partial charge >= 0.3 is 5.97 Å². The van der Waals surface area contributed by atoms with E-state index >= 15 is 0 Å². The number of rotatable bonds is 5. The number of hydrogen-bond acceptors (Lipinski definition) is 8. The van der Waals surface area contributed by atoms with Crippen molar-refractivity contribution >= 4 is 5.97 Å². The Hall–Kier alpha value is -3.13. The van der Waals surface area contributed by atoms with Gasteiger partial charge in [0.05, 0.1) is 40.0 Å². The second kappa shape index (κ2) is 7.53. The Morgan fingerprint density at radius 2 is 1.48 bits per heavy atom. The molecule has 0 bridgehead atoms. The van der Waals surface area contributed by atoms with E-state index in [2.05, 4.69) is 0 Å². The highest BCUT2D eigenvalue weighted by molar-refractivity contribution is 5.79. The van der Waals surface area contributed by atoms with Gasteiger partial charge in [-0.1, -0.05) is 0 Å². The van der Waals surface area contributed by atoms with Crippen LogP contribution in [0.1, 0.15) is 28.7 Å². The van der Waals surface area contributed by atoms with Crippen molar-refractivity contribution in [3.05, 3.63) is 41.0 Å². The maximum Gasteiger partial charge on any atom is 0.310 e. The number of carbonyl (C=O) groups excluding carboxylic acids is 1. The van der Waals surface area contributed by atoms with Crippen molar-refractivity contribution in [1.82, 2.24) is 0 Å². The van der Waals surface area contributed by atoms with Gasteiger partial charge in [0.2, 0.25) is 12.5 Å². The van der Waals surface area contributed by atoms with E-state index in [0.29, 0.717) is 35.4 Å². The SMILES string of the molecule is COc1cc([C@@H]2c3cc4c(cc3[C@@H](OC)C3COC(=O)[C@@H]32)OCO4)cc(OC)c1OC. The summed E-state index contributed by atoms with van der Waals surface area (Å²) in [4.78, 5) is 12.9. The molecule has 0 spiro atoms. The molecule has 164 valence electrons. The number of esters is 1. The summed E-state index contributed by atoms with van der Waals surface area (Å²) >= 11 is 0. The molecule has 2 heterocycles. The average Bonchev–Trinajstić information content (AvgIpc) is 3.41. The highest BCUT2D eigenvalue weighted by Crippen LogP contribution is 2.56. The van der Waals surface area contributed by atoms with E-state index < -0.39 is 5.92 Å². The number of hydrogen-bond donors (Lipinski definition) is 0. The van der Waals surface area contributed by atoms with E-state index in [-0.39, 0.29) is 30.7 Å². The van der Waals surface area contributed by atoms with Crippen LogP contribution in [0.4, 0.5) is 0 Å². The normalized spacial score (nSPS) is 25.5. The molecular weight excluding hydrogens is 404 g/mol. The second-order valence-electron chi connectivity index (χ2n) is 7.75. The van der Waals surface area contributed by atoms with Gasteiger partial charge in [-0.05, 0) is 41.0 Å². The van der Waals surface area contributed by atoms with Crippen LogP contribution in [-0.2, 0) is 14.3 Å². The summed E-state index contributed by atoms with van der Waals surface area (Å²) in [6.45, 7) is 0.469. The van der Waals surface area contributed by atoms with Crippen molar-refractivity contribution in [3.8, 4) is 28.7 Å². The molecular formula is C23H24O8. The summed E-state index contributed by atoms with van der Waals surface area (Å²) in [5.41, 5.74) is 2.76. The van der Waals surface area contributed by atoms with Crippen LogP contribution in [0.15, 0.2) is 24.3 Å². The van der Waals surface area contributed by atoms with Crippen molar-refractivity contribution in [1.29, 1.82) is 0 Å². The van der Waals surface area contributed by atoms with Crippen LogP contribution in [0, 0.1) is 11.8 Å². The first-order valence-electron chi connectivity index (χ1n) is 10.0. The molecule has 2 aromatic rings. The number of fused-ring (bicyclic) bond motifs is 3. The van der Waals surface area contributed by atoms with Crippen molar-refractivity contribution in [2.24, 2.45) is 11.8 Å². The second-order valence-corrected chi connectivity index (χ2v) is 7.75. The summed E-state index contributed by atoms with van der Waals surface area (Å²) in [5.74, 6) is 1.78. The third kappa shape index (κ3) is 2.89. The molecule has 0 aromatic heterocycles. The lowest BCUT2D eigenvalue weighted by molar-refractivity contribution is -0.141. The lowest BCUT2D eigenvalue weighted by Crippen LogP contribution is -2.35. The predicted octanol–water partition coefficient (Wildman–Crippen LogP) is 3.06. The molecule has 0 amide bonds. The number of ether oxygens (including phenoxy) is 7. The first-order chi connectivity index (χ1) is 15.1. The van der Waals surface area contributed by atoms with E-state index in [1.807, 2.05) is 24.3 Å². The summed E-state index contributed by atoms with van der Waals surface area (Å²) in [6.07, 6.45) is -0.292. The predicted molar refractivity (Wildman–Crippen MR) is 108 cm³/mol. The summed E-state index contributed by atoms with van der Waals surface area (Å²) in [7, 11) is 6.35. The number of cyclic esters (lactones) is 1. The fourth-order valence-electron chi connectivity index (χ4n) is 5.09. The monoisotopic (exact) mass is 428 g/mol. The van der Waals surface area contributed by atoms with Gasteiger partial charge in [0.1, 0.15) is 0 Å². The minimum absolute atomic E-state index is 0.130. The molecule has 1 fully saturated rings. The molecule has 5 rings (SSSR count). The summed E-state index contributed by atoms with van der Waals surface area (Å²) in [5, 5.41) is 0.